The Balaban J connectivity index is 1.87. The molecular weight excluding hydrogens is 100 g/mol. The minimum Gasteiger partial charge on any atom is -0.379 e. The van der Waals surface area contributed by atoms with E-state index >= 15 is 0 Å². The van der Waals surface area contributed by atoms with E-state index in [9.17, 15) is 0 Å². The highest BCUT2D eigenvalue weighted by Gasteiger charge is 2.21. The molecule has 1 heteroatoms. The van der Waals surface area contributed by atoms with Crippen LogP contribution in [0, 0.1) is 5.92 Å². The van der Waals surface area contributed by atoms with Gasteiger partial charge in [-0.2, -0.15) is 0 Å². The summed E-state index contributed by atoms with van der Waals surface area (Å²) >= 11 is 0. The van der Waals surface area contributed by atoms with Crippen molar-refractivity contribution in [1.82, 2.24) is 0 Å². The smallest absolute Gasteiger partial charge is 0.0519 e. The van der Waals surface area contributed by atoms with Crippen LogP contribution in [-0.4, -0.2) is 12.7 Å². The van der Waals surface area contributed by atoms with Crippen molar-refractivity contribution in [2.45, 2.75) is 32.8 Å². The van der Waals surface area contributed by atoms with E-state index in [2.05, 4.69) is 13.8 Å². The van der Waals surface area contributed by atoms with Crippen LogP contribution >= 0.6 is 0 Å². The van der Waals surface area contributed by atoms with Gasteiger partial charge < -0.3 is 4.74 Å². The van der Waals surface area contributed by atoms with Gasteiger partial charge in [-0.3, -0.25) is 0 Å². The molecule has 0 N–H and O–H groups in total. The van der Waals surface area contributed by atoms with E-state index in [-0.39, 0.29) is 0 Å². The molecule has 0 heterocycles. The molecule has 1 fully saturated rings. The lowest BCUT2D eigenvalue weighted by atomic mass is 10.4. The van der Waals surface area contributed by atoms with Crippen LogP contribution in [0.25, 0.3) is 0 Å². The fourth-order valence-corrected chi connectivity index (χ4v) is 0.613. The molecule has 0 bridgehead atoms. The molecular formula is C7H14O. The number of hydrogen-bond acceptors (Lipinski definition) is 1. The Bertz CT molecular complexity index is 62.8. The van der Waals surface area contributed by atoms with Gasteiger partial charge in [-0.1, -0.05) is 0 Å². The third-order valence-electron chi connectivity index (χ3n) is 1.36. The summed E-state index contributed by atoms with van der Waals surface area (Å²) in [7, 11) is 0. The zero-order valence-electron chi connectivity index (χ0n) is 5.68. The van der Waals surface area contributed by atoms with Gasteiger partial charge in [-0.05, 0) is 32.6 Å². The quantitative estimate of drug-likeness (QED) is 0.543. The van der Waals surface area contributed by atoms with Crippen LogP contribution in [0.15, 0.2) is 0 Å². The summed E-state index contributed by atoms with van der Waals surface area (Å²) in [6, 6.07) is 0. The van der Waals surface area contributed by atoms with E-state index in [4.69, 9.17) is 4.74 Å². The van der Waals surface area contributed by atoms with Crippen molar-refractivity contribution in [3.05, 3.63) is 0 Å². The molecule has 0 spiro atoms. The third kappa shape index (κ3) is 2.31. The van der Waals surface area contributed by atoms with Gasteiger partial charge in [-0.15, -0.1) is 0 Å². The SMILES string of the molecule is CC(C)OCC1CC1. The molecule has 1 saturated carbocycles. The maximum absolute atomic E-state index is 5.37. The standard InChI is InChI=1S/C7H14O/c1-6(2)8-5-7-3-4-7/h6-7H,3-5H2,1-2H3. The van der Waals surface area contributed by atoms with Crippen molar-refractivity contribution >= 4 is 0 Å². The van der Waals surface area contributed by atoms with E-state index in [1.165, 1.54) is 12.8 Å². The first-order valence-corrected chi connectivity index (χ1v) is 3.40. The minimum atomic E-state index is 0.426. The van der Waals surface area contributed by atoms with Gasteiger partial charge >= 0.3 is 0 Å². The summed E-state index contributed by atoms with van der Waals surface area (Å²) in [4.78, 5) is 0. The van der Waals surface area contributed by atoms with Crippen LogP contribution in [0.1, 0.15) is 26.7 Å². The molecule has 1 rings (SSSR count). The minimum absolute atomic E-state index is 0.426. The summed E-state index contributed by atoms with van der Waals surface area (Å²) in [5, 5.41) is 0. The number of rotatable bonds is 3. The van der Waals surface area contributed by atoms with Crippen molar-refractivity contribution in [3.63, 3.8) is 0 Å². The predicted molar refractivity (Wildman–Crippen MR) is 33.8 cm³/mol. The van der Waals surface area contributed by atoms with Crippen molar-refractivity contribution in [3.8, 4) is 0 Å². The lowest BCUT2D eigenvalue weighted by molar-refractivity contribution is 0.0707. The van der Waals surface area contributed by atoms with E-state index in [0.29, 0.717) is 6.10 Å². The van der Waals surface area contributed by atoms with Gasteiger partial charge in [0.25, 0.3) is 0 Å². The first-order valence-electron chi connectivity index (χ1n) is 3.40. The molecule has 0 aliphatic heterocycles. The molecule has 0 unspecified atom stereocenters. The molecule has 0 aromatic carbocycles. The molecule has 0 aromatic heterocycles. The van der Waals surface area contributed by atoms with Gasteiger partial charge in [0, 0.05) is 6.61 Å². The predicted octanol–water partition coefficient (Wildman–Crippen LogP) is 1.82. The summed E-state index contributed by atoms with van der Waals surface area (Å²) in [5.74, 6) is 0.914. The van der Waals surface area contributed by atoms with Crippen LogP contribution < -0.4 is 0 Å². The van der Waals surface area contributed by atoms with Crippen LogP contribution in [0.5, 0.6) is 0 Å². The maximum Gasteiger partial charge on any atom is 0.0519 e. The molecule has 0 amide bonds. The average Bonchev–Trinajstić information content (AvgIpc) is 2.41. The number of hydrogen-bond donors (Lipinski definition) is 0. The van der Waals surface area contributed by atoms with Gasteiger partial charge in [0.15, 0.2) is 0 Å². The molecule has 1 aliphatic carbocycles. The highest BCUT2D eigenvalue weighted by Crippen LogP contribution is 2.28. The molecule has 8 heavy (non-hydrogen) atoms. The van der Waals surface area contributed by atoms with Gasteiger partial charge in [-0.25, -0.2) is 0 Å². The Morgan fingerprint density at radius 3 is 2.50 bits per heavy atom. The second kappa shape index (κ2) is 2.49. The molecule has 1 nitrogen and oxygen atoms in total. The summed E-state index contributed by atoms with van der Waals surface area (Å²) in [6.45, 7) is 5.17. The molecule has 0 atom stereocenters. The van der Waals surface area contributed by atoms with Crippen molar-refractivity contribution in [1.29, 1.82) is 0 Å². The van der Waals surface area contributed by atoms with E-state index in [0.717, 1.165) is 12.5 Å². The first-order chi connectivity index (χ1) is 3.79. The van der Waals surface area contributed by atoms with E-state index in [1.54, 1.807) is 0 Å². The fourth-order valence-electron chi connectivity index (χ4n) is 0.613. The Morgan fingerprint density at radius 1 is 1.50 bits per heavy atom. The molecule has 0 radical (unpaired) electrons. The summed E-state index contributed by atoms with van der Waals surface area (Å²) in [5.41, 5.74) is 0. The lowest BCUT2D eigenvalue weighted by Gasteiger charge is -2.04. The van der Waals surface area contributed by atoms with Crippen molar-refractivity contribution in [2.24, 2.45) is 5.92 Å². The lowest BCUT2D eigenvalue weighted by Crippen LogP contribution is -2.04. The van der Waals surface area contributed by atoms with Crippen LogP contribution in [-0.2, 0) is 4.74 Å². The monoisotopic (exact) mass is 114 g/mol. The van der Waals surface area contributed by atoms with Crippen LogP contribution in [0.3, 0.4) is 0 Å². The van der Waals surface area contributed by atoms with E-state index < -0.39 is 0 Å². The normalized spacial score (nSPS) is 19.9. The van der Waals surface area contributed by atoms with Gasteiger partial charge in [0.05, 0.1) is 6.10 Å². The third-order valence-corrected chi connectivity index (χ3v) is 1.36. The van der Waals surface area contributed by atoms with Crippen LogP contribution in [0.2, 0.25) is 0 Å². The fraction of sp³-hybridized carbons (Fsp3) is 1.00. The highest BCUT2D eigenvalue weighted by atomic mass is 16.5. The second-order valence-electron chi connectivity index (χ2n) is 2.83. The summed E-state index contributed by atoms with van der Waals surface area (Å²) < 4.78 is 5.37. The molecule has 0 saturated heterocycles. The topological polar surface area (TPSA) is 9.23 Å². The first kappa shape index (κ1) is 6.09. The van der Waals surface area contributed by atoms with Crippen LogP contribution in [0.4, 0.5) is 0 Å². The Morgan fingerprint density at radius 2 is 2.12 bits per heavy atom. The van der Waals surface area contributed by atoms with Gasteiger partial charge in [0.2, 0.25) is 0 Å². The molecule has 48 valence electrons. The summed E-state index contributed by atoms with van der Waals surface area (Å²) in [6.07, 6.45) is 3.22. The average molecular weight is 114 g/mol. The van der Waals surface area contributed by atoms with Crippen molar-refractivity contribution < 1.29 is 4.74 Å². The van der Waals surface area contributed by atoms with E-state index in [1.807, 2.05) is 0 Å². The van der Waals surface area contributed by atoms with Gasteiger partial charge in [0.1, 0.15) is 0 Å². The van der Waals surface area contributed by atoms with Crippen molar-refractivity contribution in [2.75, 3.05) is 6.61 Å². The maximum atomic E-state index is 5.37. The Kier molecular flexibility index (Phi) is 1.90. The number of ether oxygens (including phenoxy) is 1. The molecule has 1 aliphatic rings. The Labute approximate surface area is 51.0 Å². The largest absolute Gasteiger partial charge is 0.379 e. The molecule has 0 aromatic rings. The highest BCUT2D eigenvalue weighted by molar-refractivity contribution is 4.72. The Hall–Kier alpha value is -0.0400. The zero-order valence-corrected chi connectivity index (χ0v) is 5.68. The zero-order chi connectivity index (χ0) is 5.98. The second-order valence-corrected chi connectivity index (χ2v) is 2.83.